The molecule has 8 nitrogen and oxygen atoms in total. The minimum absolute atomic E-state index is 0.0190. The lowest BCUT2D eigenvalue weighted by molar-refractivity contribution is -0.255. The maximum absolute atomic E-state index is 12.5. The molecule has 1 N–H and O–H groups in total. The van der Waals surface area contributed by atoms with Gasteiger partial charge in [-0.2, -0.15) is 0 Å². The van der Waals surface area contributed by atoms with Crippen LogP contribution in [0.4, 0.5) is 11.4 Å². The first kappa shape index (κ1) is 20.4. The van der Waals surface area contributed by atoms with Gasteiger partial charge < -0.3 is 20.0 Å². The first-order valence-electron chi connectivity index (χ1n) is 8.65. The summed E-state index contributed by atoms with van der Waals surface area (Å²) in [6.45, 7) is 0. The molecule has 1 aliphatic rings. The second kappa shape index (κ2) is 8.78. The van der Waals surface area contributed by atoms with Gasteiger partial charge in [-0.25, -0.2) is 4.99 Å². The number of carboxylic acids is 1. The van der Waals surface area contributed by atoms with Gasteiger partial charge in [0.05, 0.1) is 18.8 Å². The van der Waals surface area contributed by atoms with E-state index in [1.807, 2.05) is 0 Å². The van der Waals surface area contributed by atoms with Crippen LogP contribution in [0.5, 0.6) is 5.75 Å². The topological polar surface area (TPSA) is 111 Å². The minimum Gasteiger partial charge on any atom is -0.545 e. The van der Waals surface area contributed by atoms with Crippen molar-refractivity contribution >= 4 is 46.1 Å². The minimum atomic E-state index is -1.29. The van der Waals surface area contributed by atoms with Crippen molar-refractivity contribution in [1.82, 2.24) is 4.90 Å². The standard InChI is InChI=1S/C20H19N3O5S/c1-23-18(25)16(29-20(23)22-14-7-9-15(28-2)10-8-14)11-17(24)21-13-5-3-12(4-6-13)19(26)27/h3-10,16H,11H2,1-2H3,(H,21,24)(H,26,27)/p-1. The number of aromatic carboxylic acids is 1. The first-order valence-corrected chi connectivity index (χ1v) is 9.53. The summed E-state index contributed by atoms with van der Waals surface area (Å²) in [5.74, 6) is -1.14. The highest BCUT2D eigenvalue weighted by molar-refractivity contribution is 8.15. The number of carboxylic acid groups (broad SMARTS) is 1. The van der Waals surface area contributed by atoms with Gasteiger partial charge in [0.2, 0.25) is 11.8 Å². The maximum Gasteiger partial charge on any atom is 0.242 e. The summed E-state index contributed by atoms with van der Waals surface area (Å²) < 4.78 is 5.11. The molecule has 1 atom stereocenters. The molecule has 3 rings (SSSR count). The summed E-state index contributed by atoms with van der Waals surface area (Å²) in [5, 5.41) is 13.3. The van der Waals surface area contributed by atoms with Crippen LogP contribution in [0.3, 0.4) is 0 Å². The van der Waals surface area contributed by atoms with Crippen LogP contribution in [-0.2, 0) is 9.59 Å². The van der Waals surface area contributed by atoms with Gasteiger partial charge in [-0.3, -0.25) is 14.5 Å². The van der Waals surface area contributed by atoms with E-state index in [0.717, 1.165) is 0 Å². The highest BCUT2D eigenvalue weighted by atomic mass is 32.2. The Hall–Kier alpha value is -3.33. The van der Waals surface area contributed by atoms with Crippen molar-refractivity contribution in [2.24, 2.45) is 4.99 Å². The number of thioether (sulfide) groups is 1. The Morgan fingerprint density at radius 1 is 1.17 bits per heavy atom. The van der Waals surface area contributed by atoms with Crippen molar-refractivity contribution in [3.05, 3.63) is 54.1 Å². The number of carbonyl (C=O) groups excluding carboxylic acids is 3. The predicted octanol–water partition coefficient (Wildman–Crippen LogP) is 1.65. The number of ether oxygens (including phenoxy) is 1. The number of carbonyl (C=O) groups is 3. The molecule has 0 radical (unpaired) electrons. The molecular weight excluding hydrogens is 394 g/mol. The number of rotatable bonds is 6. The molecule has 150 valence electrons. The zero-order valence-electron chi connectivity index (χ0n) is 15.7. The van der Waals surface area contributed by atoms with Gasteiger partial charge in [-0.15, -0.1) is 0 Å². The van der Waals surface area contributed by atoms with Gasteiger partial charge in [0.15, 0.2) is 5.17 Å². The summed E-state index contributed by atoms with van der Waals surface area (Å²) in [4.78, 5) is 41.4. The number of nitrogens with zero attached hydrogens (tertiary/aromatic N) is 2. The second-order valence-corrected chi connectivity index (χ2v) is 7.38. The number of anilines is 1. The normalized spacial score (nSPS) is 17.4. The van der Waals surface area contributed by atoms with Crippen LogP contribution in [0.15, 0.2) is 53.5 Å². The lowest BCUT2D eigenvalue weighted by atomic mass is 10.2. The van der Waals surface area contributed by atoms with E-state index in [1.54, 1.807) is 38.4 Å². The van der Waals surface area contributed by atoms with Crippen molar-refractivity contribution in [3.63, 3.8) is 0 Å². The van der Waals surface area contributed by atoms with Crippen LogP contribution in [0.1, 0.15) is 16.8 Å². The van der Waals surface area contributed by atoms with Gasteiger partial charge >= 0.3 is 0 Å². The molecule has 2 amide bonds. The van der Waals surface area contributed by atoms with E-state index in [-0.39, 0.29) is 23.8 Å². The second-order valence-electron chi connectivity index (χ2n) is 6.21. The summed E-state index contributed by atoms with van der Waals surface area (Å²) in [5.41, 5.74) is 1.13. The SMILES string of the molecule is COc1ccc(N=C2SC(CC(=O)Nc3ccc(C(=O)[O-])cc3)C(=O)N2C)cc1. The average molecular weight is 412 g/mol. The fourth-order valence-electron chi connectivity index (χ4n) is 2.63. The molecule has 9 heteroatoms. The molecule has 29 heavy (non-hydrogen) atoms. The van der Waals surface area contributed by atoms with Gasteiger partial charge in [0.1, 0.15) is 11.0 Å². The fourth-order valence-corrected chi connectivity index (χ4v) is 3.79. The third-order valence-electron chi connectivity index (χ3n) is 4.21. The van der Waals surface area contributed by atoms with E-state index in [9.17, 15) is 19.5 Å². The molecule has 1 aliphatic heterocycles. The number of hydrogen-bond acceptors (Lipinski definition) is 7. The molecule has 1 heterocycles. The van der Waals surface area contributed by atoms with Crippen LogP contribution in [0, 0.1) is 0 Å². The van der Waals surface area contributed by atoms with Crippen LogP contribution in [-0.4, -0.2) is 47.3 Å². The highest BCUT2D eigenvalue weighted by Gasteiger charge is 2.37. The highest BCUT2D eigenvalue weighted by Crippen LogP contribution is 2.31. The Kier molecular flexibility index (Phi) is 6.18. The van der Waals surface area contributed by atoms with E-state index in [0.29, 0.717) is 22.3 Å². The van der Waals surface area contributed by atoms with Crippen molar-refractivity contribution in [3.8, 4) is 5.75 Å². The van der Waals surface area contributed by atoms with Crippen molar-refractivity contribution < 1.29 is 24.2 Å². The number of amidine groups is 1. The van der Waals surface area contributed by atoms with Gasteiger partial charge in [-0.1, -0.05) is 23.9 Å². The predicted molar refractivity (Wildman–Crippen MR) is 108 cm³/mol. The quantitative estimate of drug-likeness (QED) is 0.772. The van der Waals surface area contributed by atoms with Crippen LogP contribution in [0.25, 0.3) is 0 Å². The molecule has 1 saturated heterocycles. The first-order chi connectivity index (χ1) is 13.9. The monoisotopic (exact) mass is 412 g/mol. The average Bonchev–Trinajstić information content (AvgIpc) is 2.96. The van der Waals surface area contributed by atoms with Crippen LogP contribution >= 0.6 is 11.8 Å². The maximum atomic E-state index is 12.5. The van der Waals surface area contributed by atoms with E-state index < -0.39 is 11.2 Å². The molecule has 0 aromatic heterocycles. The van der Waals surface area contributed by atoms with E-state index in [1.165, 1.54) is 40.9 Å². The Labute approximate surface area is 171 Å². The summed E-state index contributed by atoms with van der Waals surface area (Å²) >= 11 is 1.23. The van der Waals surface area contributed by atoms with E-state index >= 15 is 0 Å². The summed E-state index contributed by atoms with van der Waals surface area (Å²) in [6, 6.07) is 12.7. The third-order valence-corrected chi connectivity index (χ3v) is 5.44. The summed E-state index contributed by atoms with van der Waals surface area (Å²) in [6.07, 6.45) is -0.0300. The van der Waals surface area contributed by atoms with Gasteiger partial charge in [0, 0.05) is 19.2 Å². The molecule has 2 aromatic rings. The zero-order valence-corrected chi connectivity index (χ0v) is 16.6. The van der Waals surface area contributed by atoms with E-state index in [4.69, 9.17) is 4.74 Å². The van der Waals surface area contributed by atoms with Crippen LogP contribution < -0.4 is 15.2 Å². The molecule has 0 spiro atoms. The Morgan fingerprint density at radius 3 is 2.41 bits per heavy atom. The number of aliphatic imine (C=N–C) groups is 1. The molecular formula is C20H18N3O5S-. The zero-order chi connectivity index (χ0) is 21.0. The number of benzene rings is 2. The van der Waals surface area contributed by atoms with Gasteiger partial charge in [-0.05, 0) is 42.0 Å². The number of amides is 2. The molecule has 2 aromatic carbocycles. The number of nitrogens with one attached hydrogen (secondary N) is 1. The number of methoxy groups -OCH3 is 1. The van der Waals surface area contributed by atoms with Gasteiger partial charge in [0.25, 0.3) is 0 Å². The lowest BCUT2D eigenvalue weighted by Gasteiger charge is -2.10. The number of hydrogen-bond donors (Lipinski definition) is 1. The Morgan fingerprint density at radius 2 is 1.83 bits per heavy atom. The summed E-state index contributed by atoms with van der Waals surface area (Å²) in [7, 11) is 3.20. The Bertz CT molecular complexity index is 957. The molecule has 0 saturated carbocycles. The third kappa shape index (κ3) is 4.94. The van der Waals surface area contributed by atoms with Crippen molar-refractivity contribution in [2.75, 3.05) is 19.5 Å². The smallest absolute Gasteiger partial charge is 0.242 e. The van der Waals surface area contributed by atoms with Crippen LogP contribution in [0.2, 0.25) is 0 Å². The Balaban J connectivity index is 1.63. The van der Waals surface area contributed by atoms with Crippen molar-refractivity contribution in [1.29, 1.82) is 0 Å². The van der Waals surface area contributed by atoms with E-state index in [2.05, 4.69) is 10.3 Å². The van der Waals surface area contributed by atoms with Crippen molar-refractivity contribution in [2.45, 2.75) is 11.7 Å². The lowest BCUT2D eigenvalue weighted by Crippen LogP contribution is -2.30. The molecule has 1 unspecified atom stereocenters. The molecule has 0 aliphatic carbocycles. The molecule has 1 fully saturated rings. The fraction of sp³-hybridized carbons (Fsp3) is 0.200. The molecule has 0 bridgehead atoms. The largest absolute Gasteiger partial charge is 0.545 e.